The lowest BCUT2D eigenvalue weighted by Gasteiger charge is -2.25. The number of ether oxygens (including phenoxy) is 1. The van der Waals surface area contributed by atoms with E-state index in [1.54, 1.807) is 0 Å². The van der Waals surface area contributed by atoms with Gasteiger partial charge in [0.15, 0.2) is 5.54 Å². The standard InChI is InChI=1S/C13H21NO4/c1-13(9-18-2,12(16)17)14-11(15)8-10-6-4-3-5-7-10/h6H,3-5,7-9H2,1-2H3,(H,14,15)(H,16,17). The summed E-state index contributed by atoms with van der Waals surface area (Å²) in [5.74, 6) is -1.35. The van der Waals surface area contributed by atoms with E-state index in [9.17, 15) is 9.59 Å². The first-order valence-corrected chi connectivity index (χ1v) is 6.19. The maximum absolute atomic E-state index is 11.8. The Labute approximate surface area is 107 Å². The fourth-order valence-corrected chi connectivity index (χ4v) is 2.06. The molecular weight excluding hydrogens is 234 g/mol. The normalized spacial score (nSPS) is 18.7. The molecule has 0 bridgehead atoms. The van der Waals surface area contributed by atoms with Gasteiger partial charge in [-0.25, -0.2) is 4.79 Å². The van der Waals surface area contributed by atoms with Gasteiger partial charge in [-0.15, -0.1) is 0 Å². The van der Waals surface area contributed by atoms with Gasteiger partial charge in [0.1, 0.15) is 0 Å². The summed E-state index contributed by atoms with van der Waals surface area (Å²) in [6, 6.07) is 0. The van der Waals surface area contributed by atoms with Crippen LogP contribution in [0.4, 0.5) is 0 Å². The van der Waals surface area contributed by atoms with Crippen molar-refractivity contribution in [2.24, 2.45) is 0 Å². The van der Waals surface area contributed by atoms with E-state index in [2.05, 4.69) is 11.4 Å². The van der Waals surface area contributed by atoms with Gasteiger partial charge in [0.25, 0.3) is 0 Å². The van der Waals surface area contributed by atoms with Crippen LogP contribution in [-0.4, -0.2) is 36.2 Å². The number of hydrogen-bond acceptors (Lipinski definition) is 3. The molecule has 0 spiro atoms. The second-order valence-corrected chi connectivity index (χ2v) is 4.90. The second-order valence-electron chi connectivity index (χ2n) is 4.90. The van der Waals surface area contributed by atoms with Crippen molar-refractivity contribution >= 4 is 11.9 Å². The molecule has 1 amide bonds. The minimum Gasteiger partial charge on any atom is -0.479 e. The first kappa shape index (κ1) is 14.7. The number of carbonyl (C=O) groups is 2. The first-order chi connectivity index (χ1) is 8.48. The molecule has 0 aliphatic heterocycles. The number of methoxy groups -OCH3 is 1. The maximum atomic E-state index is 11.8. The molecule has 1 aliphatic rings. The van der Waals surface area contributed by atoms with Crippen LogP contribution in [0.3, 0.4) is 0 Å². The van der Waals surface area contributed by atoms with E-state index in [-0.39, 0.29) is 18.9 Å². The van der Waals surface area contributed by atoms with Gasteiger partial charge in [0, 0.05) is 13.5 Å². The Kier molecular flexibility index (Phi) is 5.34. The summed E-state index contributed by atoms with van der Waals surface area (Å²) in [7, 11) is 1.41. The topological polar surface area (TPSA) is 75.6 Å². The van der Waals surface area contributed by atoms with Gasteiger partial charge < -0.3 is 15.2 Å². The number of carbonyl (C=O) groups excluding carboxylic acids is 1. The molecule has 5 heteroatoms. The highest BCUT2D eigenvalue weighted by Gasteiger charge is 2.34. The maximum Gasteiger partial charge on any atom is 0.331 e. The van der Waals surface area contributed by atoms with Crippen LogP contribution >= 0.6 is 0 Å². The smallest absolute Gasteiger partial charge is 0.331 e. The highest BCUT2D eigenvalue weighted by atomic mass is 16.5. The molecule has 0 aromatic rings. The van der Waals surface area contributed by atoms with Crippen molar-refractivity contribution in [2.75, 3.05) is 13.7 Å². The predicted molar refractivity (Wildman–Crippen MR) is 67.2 cm³/mol. The quantitative estimate of drug-likeness (QED) is 0.705. The molecule has 1 aliphatic carbocycles. The monoisotopic (exact) mass is 255 g/mol. The molecule has 5 nitrogen and oxygen atoms in total. The third-order valence-corrected chi connectivity index (χ3v) is 3.09. The van der Waals surface area contributed by atoms with Crippen LogP contribution in [0.2, 0.25) is 0 Å². The van der Waals surface area contributed by atoms with Crippen LogP contribution in [0.15, 0.2) is 11.6 Å². The van der Waals surface area contributed by atoms with E-state index in [4.69, 9.17) is 9.84 Å². The van der Waals surface area contributed by atoms with Crippen molar-refractivity contribution < 1.29 is 19.4 Å². The summed E-state index contributed by atoms with van der Waals surface area (Å²) in [6.45, 7) is 1.40. The predicted octanol–water partition coefficient (Wildman–Crippen LogP) is 1.48. The molecule has 1 atom stereocenters. The van der Waals surface area contributed by atoms with E-state index in [1.165, 1.54) is 20.5 Å². The molecule has 0 heterocycles. The Morgan fingerprint density at radius 1 is 1.50 bits per heavy atom. The number of aliphatic carboxylic acids is 1. The zero-order chi connectivity index (χ0) is 13.6. The van der Waals surface area contributed by atoms with Crippen LogP contribution in [0.5, 0.6) is 0 Å². The lowest BCUT2D eigenvalue weighted by molar-refractivity contribution is -0.149. The molecule has 0 radical (unpaired) electrons. The number of rotatable bonds is 6. The molecule has 18 heavy (non-hydrogen) atoms. The zero-order valence-corrected chi connectivity index (χ0v) is 11.0. The molecule has 2 N–H and O–H groups in total. The van der Waals surface area contributed by atoms with Crippen molar-refractivity contribution in [3.8, 4) is 0 Å². The third kappa shape index (κ3) is 4.14. The van der Waals surface area contributed by atoms with Gasteiger partial charge in [0.2, 0.25) is 5.91 Å². The molecule has 1 rings (SSSR count). The summed E-state index contributed by atoms with van der Waals surface area (Å²) in [5, 5.41) is 11.6. The summed E-state index contributed by atoms with van der Waals surface area (Å²) < 4.78 is 4.85. The first-order valence-electron chi connectivity index (χ1n) is 6.19. The number of amides is 1. The highest BCUT2D eigenvalue weighted by Crippen LogP contribution is 2.20. The van der Waals surface area contributed by atoms with Crippen molar-refractivity contribution in [2.45, 2.75) is 44.6 Å². The number of carboxylic acids is 1. The zero-order valence-electron chi connectivity index (χ0n) is 11.0. The van der Waals surface area contributed by atoms with E-state index in [0.717, 1.165) is 24.8 Å². The molecule has 102 valence electrons. The lowest BCUT2D eigenvalue weighted by atomic mass is 9.96. The third-order valence-electron chi connectivity index (χ3n) is 3.09. The van der Waals surface area contributed by atoms with Gasteiger partial charge in [-0.05, 0) is 32.6 Å². The van der Waals surface area contributed by atoms with Crippen molar-refractivity contribution in [1.29, 1.82) is 0 Å². The van der Waals surface area contributed by atoms with E-state index in [1.807, 2.05) is 0 Å². The largest absolute Gasteiger partial charge is 0.479 e. The van der Waals surface area contributed by atoms with E-state index < -0.39 is 11.5 Å². The Bertz CT molecular complexity index is 351. The van der Waals surface area contributed by atoms with Crippen LogP contribution in [0, 0.1) is 0 Å². The molecule has 1 unspecified atom stereocenters. The summed E-state index contributed by atoms with van der Waals surface area (Å²) in [4.78, 5) is 23.0. The summed E-state index contributed by atoms with van der Waals surface area (Å²) in [6.07, 6.45) is 6.58. The van der Waals surface area contributed by atoms with Crippen molar-refractivity contribution in [1.82, 2.24) is 5.32 Å². The van der Waals surface area contributed by atoms with Gasteiger partial charge in [0.05, 0.1) is 6.61 Å². The second kappa shape index (κ2) is 6.54. The lowest BCUT2D eigenvalue weighted by Crippen LogP contribution is -2.55. The van der Waals surface area contributed by atoms with E-state index >= 15 is 0 Å². The van der Waals surface area contributed by atoms with Crippen LogP contribution in [0.25, 0.3) is 0 Å². The number of nitrogens with one attached hydrogen (secondary N) is 1. The number of carboxylic acid groups (broad SMARTS) is 1. The van der Waals surface area contributed by atoms with E-state index in [0.29, 0.717) is 0 Å². The average molecular weight is 255 g/mol. The Balaban J connectivity index is 2.56. The van der Waals surface area contributed by atoms with Crippen LogP contribution in [-0.2, 0) is 14.3 Å². The molecular formula is C13H21NO4. The average Bonchev–Trinajstić information content (AvgIpc) is 2.30. The van der Waals surface area contributed by atoms with Gasteiger partial charge >= 0.3 is 5.97 Å². The molecule has 0 aromatic heterocycles. The molecule has 0 fully saturated rings. The molecule has 0 aromatic carbocycles. The van der Waals surface area contributed by atoms with Gasteiger partial charge in [-0.3, -0.25) is 4.79 Å². The number of allylic oxidation sites excluding steroid dienone is 1. The summed E-state index contributed by atoms with van der Waals surface area (Å²) >= 11 is 0. The molecule has 0 saturated carbocycles. The Morgan fingerprint density at radius 2 is 2.22 bits per heavy atom. The molecule has 0 saturated heterocycles. The van der Waals surface area contributed by atoms with Crippen LogP contribution in [0.1, 0.15) is 39.0 Å². The van der Waals surface area contributed by atoms with Crippen molar-refractivity contribution in [3.05, 3.63) is 11.6 Å². The minimum atomic E-state index is -1.36. The Morgan fingerprint density at radius 3 is 2.72 bits per heavy atom. The van der Waals surface area contributed by atoms with Crippen molar-refractivity contribution in [3.63, 3.8) is 0 Å². The van der Waals surface area contributed by atoms with Gasteiger partial charge in [-0.2, -0.15) is 0 Å². The summed E-state index contributed by atoms with van der Waals surface area (Å²) in [5.41, 5.74) is -0.259. The van der Waals surface area contributed by atoms with Gasteiger partial charge in [-0.1, -0.05) is 11.6 Å². The minimum absolute atomic E-state index is 0.0485. The van der Waals surface area contributed by atoms with Crippen LogP contribution < -0.4 is 5.32 Å². The number of hydrogen-bond donors (Lipinski definition) is 2. The fraction of sp³-hybridized carbons (Fsp3) is 0.692. The SMILES string of the molecule is COCC(C)(NC(=O)CC1=CCCCC1)C(=O)O. The Hall–Kier alpha value is -1.36. The fourth-order valence-electron chi connectivity index (χ4n) is 2.06. The highest BCUT2D eigenvalue weighted by molar-refractivity contribution is 5.87.